The van der Waals surface area contributed by atoms with Gasteiger partial charge in [0, 0.05) is 6.42 Å². The Labute approximate surface area is 144 Å². The molecule has 1 fully saturated rings. The maximum Gasteiger partial charge on any atom is 0.229 e. The Morgan fingerprint density at radius 3 is 2.46 bits per heavy atom. The number of hydrogen-bond acceptors (Lipinski definition) is 4. The van der Waals surface area contributed by atoms with Gasteiger partial charge < -0.3 is 11.1 Å². The van der Waals surface area contributed by atoms with Crippen molar-refractivity contribution in [3.63, 3.8) is 0 Å². The number of rotatable bonds is 6. The first-order chi connectivity index (χ1) is 11.2. The third kappa shape index (κ3) is 5.21. The van der Waals surface area contributed by atoms with Gasteiger partial charge in [0.05, 0.1) is 17.6 Å². The summed E-state index contributed by atoms with van der Waals surface area (Å²) in [6.45, 7) is 2.39. The van der Waals surface area contributed by atoms with Gasteiger partial charge >= 0.3 is 0 Å². The molecule has 1 aliphatic rings. The van der Waals surface area contributed by atoms with Crippen molar-refractivity contribution in [3.05, 3.63) is 23.8 Å². The van der Waals surface area contributed by atoms with Crippen LogP contribution in [0.4, 0.5) is 11.4 Å². The lowest BCUT2D eigenvalue weighted by Crippen LogP contribution is -2.36. The first kappa shape index (κ1) is 18.7. The SMILES string of the molecule is Cc1ccc(NS(C)(=O)=O)c(NC(=O)CC2(CN)CCCCC2)c1. The smallest absolute Gasteiger partial charge is 0.229 e. The largest absolute Gasteiger partial charge is 0.330 e. The van der Waals surface area contributed by atoms with Crippen molar-refractivity contribution in [1.82, 2.24) is 0 Å². The number of carbonyl (C=O) groups excluding carboxylic acids is 1. The minimum atomic E-state index is -3.41. The molecule has 1 aromatic carbocycles. The number of sulfonamides is 1. The predicted octanol–water partition coefficient (Wildman–Crippen LogP) is 2.60. The van der Waals surface area contributed by atoms with Crippen molar-refractivity contribution < 1.29 is 13.2 Å². The van der Waals surface area contributed by atoms with Crippen LogP contribution in [0.3, 0.4) is 0 Å². The molecule has 0 aromatic heterocycles. The molecule has 1 amide bonds. The molecule has 0 radical (unpaired) electrons. The van der Waals surface area contributed by atoms with E-state index in [1.807, 2.05) is 6.92 Å². The zero-order chi connectivity index (χ0) is 17.8. The maximum atomic E-state index is 12.5. The molecule has 0 heterocycles. The maximum absolute atomic E-state index is 12.5. The van der Waals surface area contributed by atoms with Gasteiger partial charge in [0.2, 0.25) is 15.9 Å². The molecule has 0 unspecified atom stereocenters. The van der Waals surface area contributed by atoms with E-state index in [9.17, 15) is 13.2 Å². The van der Waals surface area contributed by atoms with Gasteiger partial charge in [-0.1, -0.05) is 25.3 Å². The minimum absolute atomic E-state index is 0.121. The summed E-state index contributed by atoms with van der Waals surface area (Å²) in [5, 5.41) is 2.86. The Balaban J connectivity index is 2.14. The van der Waals surface area contributed by atoms with Crippen molar-refractivity contribution in [2.24, 2.45) is 11.1 Å². The third-order valence-corrected chi connectivity index (χ3v) is 5.22. The van der Waals surface area contributed by atoms with E-state index in [-0.39, 0.29) is 11.3 Å². The molecule has 0 spiro atoms. The van der Waals surface area contributed by atoms with E-state index in [2.05, 4.69) is 10.0 Å². The van der Waals surface area contributed by atoms with Crippen LogP contribution in [0.2, 0.25) is 0 Å². The van der Waals surface area contributed by atoms with Crippen LogP contribution in [0.25, 0.3) is 0 Å². The molecular weight excluding hydrogens is 326 g/mol. The van der Waals surface area contributed by atoms with Crippen molar-refractivity contribution >= 4 is 27.3 Å². The molecule has 0 saturated heterocycles. The van der Waals surface area contributed by atoms with Crippen LogP contribution in [-0.2, 0) is 14.8 Å². The number of anilines is 2. The van der Waals surface area contributed by atoms with Gasteiger partial charge in [-0.25, -0.2) is 8.42 Å². The van der Waals surface area contributed by atoms with Crippen LogP contribution >= 0.6 is 0 Å². The van der Waals surface area contributed by atoms with Crippen LogP contribution < -0.4 is 15.8 Å². The van der Waals surface area contributed by atoms with E-state index in [1.54, 1.807) is 18.2 Å². The Morgan fingerprint density at radius 1 is 1.21 bits per heavy atom. The average Bonchev–Trinajstić information content (AvgIpc) is 2.49. The van der Waals surface area contributed by atoms with Crippen molar-refractivity contribution in [2.75, 3.05) is 22.8 Å². The number of amides is 1. The molecular formula is C17H27N3O3S. The Kier molecular flexibility index (Phi) is 5.87. The van der Waals surface area contributed by atoms with Crippen molar-refractivity contribution in [3.8, 4) is 0 Å². The van der Waals surface area contributed by atoms with Gasteiger partial charge in [0.15, 0.2) is 0 Å². The molecule has 1 saturated carbocycles. The molecule has 7 heteroatoms. The number of aryl methyl sites for hydroxylation is 1. The molecule has 1 aromatic rings. The van der Waals surface area contributed by atoms with Gasteiger partial charge in [-0.15, -0.1) is 0 Å². The van der Waals surface area contributed by atoms with Gasteiger partial charge in [0.25, 0.3) is 0 Å². The third-order valence-electron chi connectivity index (χ3n) is 4.63. The number of nitrogens with one attached hydrogen (secondary N) is 2. The van der Waals surface area contributed by atoms with E-state index >= 15 is 0 Å². The standard InChI is InChI=1S/C17H27N3O3S/c1-13-6-7-14(20-24(2,22)23)15(10-13)19-16(21)11-17(12-18)8-4-3-5-9-17/h6-7,10,20H,3-5,8-9,11-12,18H2,1-2H3,(H,19,21). The fourth-order valence-corrected chi connectivity index (χ4v) is 3.92. The Hall–Kier alpha value is -1.60. The van der Waals surface area contributed by atoms with Gasteiger partial charge in [0.1, 0.15) is 0 Å². The number of hydrogen-bond donors (Lipinski definition) is 3. The van der Waals surface area contributed by atoms with Crippen LogP contribution in [0.15, 0.2) is 18.2 Å². The summed E-state index contributed by atoms with van der Waals surface area (Å²) in [6.07, 6.45) is 6.81. The number of benzene rings is 1. The second-order valence-corrected chi connectivity index (χ2v) is 8.66. The van der Waals surface area contributed by atoms with Gasteiger partial charge in [-0.05, 0) is 49.4 Å². The zero-order valence-electron chi connectivity index (χ0n) is 14.4. The highest BCUT2D eigenvalue weighted by atomic mass is 32.2. The normalized spacial score (nSPS) is 17.3. The fraction of sp³-hybridized carbons (Fsp3) is 0.588. The monoisotopic (exact) mass is 353 g/mol. The second kappa shape index (κ2) is 7.53. The highest BCUT2D eigenvalue weighted by molar-refractivity contribution is 7.92. The first-order valence-electron chi connectivity index (χ1n) is 8.31. The zero-order valence-corrected chi connectivity index (χ0v) is 15.2. The summed E-state index contributed by atoms with van der Waals surface area (Å²) in [4.78, 5) is 12.5. The van der Waals surface area contributed by atoms with E-state index in [0.717, 1.165) is 37.5 Å². The van der Waals surface area contributed by atoms with E-state index < -0.39 is 10.0 Å². The topological polar surface area (TPSA) is 101 Å². The quantitative estimate of drug-likeness (QED) is 0.731. The predicted molar refractivity (Wildman–Crippen MR) is 97.5 cm³/mol. The highest BCUT2D eigenvalue weighted by Crippen LogP contribution is 2.38. The van der Waals surface area contributed by atoms with Gasteiger partial charge in [-0.3, -0.25) is 9.52 Å². The van der Waals surface area contributed by atoms with Crippen LogP contribution in [0.1, 0.15) is 44.1 Å². The van der Waals surface area contributed by atoms with Crippen LogP contribution in [0.5, 0.6) is 0 Å². The average molecular weight is 353 g/mol. The Morgan fingerprint density at radius 2 is 1.88 bits per heavy atom. The lowest BCUT2D eigenvalue weighted by molar-refractivity contribution is -0.118. The minimum Gasteiger partial charge on any atom is -0.330 e. The molecule has 0 atom stereocenters. The Bertz CT molecular complexity index is 695. The molecule has 6 nitrogen and oxygen atoms in total. The molecule has 2 rings (SSSR count). The summed E-state index contributed by atoms with van der Waals surface area (Å²) in [6, 6.07) is 5.22. The fourth-order valence-electron chi connectivity index (χ4n) is 3.34. The first-order valence-corrected chi connectivity index (χ1v) is 10.2. The van der Waals surface area contributed by atoms with E-state index in [4.69, 9.17) is 5.73 Å². The number of nitrogens with two attached hydrogens (primary N) is 1. The lowest BCUT2D eigenvalue weighted by Gasteiger charge is -2.35. The highest BCUT2D eigenvalue weighted by Gasteiger charge is 2.33. The number of carbonyl (C=O) groups is 1. The molecule has 0 aliphatic heterocycles. The van der Waals surface area contributed by atoms with E-state index in [1.165, 1.54) is 6.42 Å². The molecule has 4 N–H and O–H groups in total. The molecule has 1 aliphatic carbocycles. The summed E-state index contributed by atoms with van der Waals surface area (Å²) in [7, 11) is -3.41. The summed E-state index contributed by atoms with van der Waals surface area (Å²) in [5.74, 6) is -0.121. The van der Waals surface area contributed by atoms with Gasteiger partial charge in [-0.2, -0.15) is 0 Å². The molecule has 0 bridgehead atoms. The van der Waals surface area contributed by atoms with Crippen molar-refractivity contribution in [1.29, 1.82) is 0 Å². The van der Waals surface area contributed by atoms with Crippen LogP contribution in [-0.4, -0.2) is 27.1 Å². The summed E-state index contributed by atoms with van der Waals surface area (Å²) >= 11 is 0. The molecule has 134 valence electrons. The van der Waals surface area contributed by atoms with Crippen molar-refractivity contribution in [2.45, 2.75) is 45.4 Å². The summed E-state index contributed by atoms with van der Waals surface area (Å²) in [5.41, 5.74) is 7.61. The summed E-state index contributed by atoms with van der Waals surface area (Å²) < 4.78 is 25.4. The molecule has 24 heavy (non-hydrogen) atoms. The lowest BCUT2D eigenvalue weighted by atomic mass is 9.71. The van der Waals surface area contributed by atoms with E-state index in [0.29, 0.717) is 24.3 Å². The second-order valence-electron chi connectivity index (χ2n) is 6.91. The van der Waals surface area contributed by atoms with Crippen LogP contribution in [0, 0.1) is 12.3 Å².